The number of ether oxygens (including phenoxy) is 1. The van der Waals surface area contributed by atoms with Crippen molar-refractivity contribution in [3.05, 3.63) is 51.8 Å². The standard InChI is InChI=1S/C14H15BrN2O/c1-9-7-17-13(10(2)14(9)16)8-18-12-5-3-11(15)4-6-12/h3-7H,8H2,1-2H3,(H2,16,17). The highest BCUT2D eigenvalue weighted by Crippen LogP contribution is 2.21. The van der Waals surface area contributed by atoms with Crippen molar-refractivity contribution in [2.24, 2.45) is 0 Å². The summed E-state index contributed by atoms with van der Waals surface area (Å²) < 4.78 is 6.72. The number of pyridine rings is 1. The second-order valence-electron chi connectivity index (χ2n) is 4.17. The van der Waals surface area contributed by atoms with Gasteiger partial charge in [0.25, 0.3) is 0 Å². The van der Waals surface area contributed by atoms with Crippen LogP contribution in [-0.2, 0) is 6.61 Å². The molecule has 2 aromatic rings. The molecule has 18 heavy (non-hydrogen) atoms. The van der Waals surface area contributed by atoms with Crippen LogP contribution in [0.4, 0.5) is 5.69 Å². The maximum atomic E-state index is 5.97. The molecule has 1 heterocycles. The Morgan fingerprint density at radius 3 is 2.56 bits per heavy atom. The van der Waals surface area contributed by atoms with E-state index in [2.05, 4.69) is 20.9 Å². The van der Waals surface area contributed by atoms with Crippen LogP contribution in [0.3, 0.4) is 0 Å². The number of rotatable bonds is 3. The minimum absolute atomic E-state index is 0.429. The van der Waals surface area contributed by atoms with Crippen LogP contribution in [0.5, 0.6) is 5.75 Å². The zero-order valence-electron chi connectivity index (χ0n) is 10.4. The molecule has 94 valence electrons. The Labute approximate surface area is 115 Å². The number of anilines is 1. The van der Waals surface area contributed by atoms with Crippen molar-refractivity contribution in [1.82, 2.24) is 4.98 Å². The van der Waals surface area contributed by atoms with Crippen LogP contribution in [0.15, 0.2) is 34.9 Å². The summed E-state index contributed by atoms with van der Waals surface area (Å²) >= 11 is 3.39. The van der Waals surface area contributed by atoms with Crippen LogP contribution in [-0.4, -0.2) is 4.98 Å². The van der Waals surface area contributed by atoms with Crippen molar-refractivity contribution in [1.29, 1.82) is 0 Å². The molecule has 0 amide bonds. The first kappa shape index (κ1) is 12.9. The summed E-state index contributed by atoms with van der Waals surface area (Å²) in [7, 11) is 0. The van der Waals surface area contributed by atoms with Crippen molar-refractivity contribution in [2.45, 2.75) is 20.5 Å². The molecule has 2 rings (SSSR count). The lowest BCUT2D eigenvalue weighted by Crippen LogP contribution is -2.05. The molecular formula is C14H15BrN2O. The highest BCUT2D eigenvalue weighted by molar-refractivity contribution is 9.10. The van der Waals surface area contributed by atoms with E-state index in [-0.39, 0.29) is 0 Å². The Kier molecular flexibility index (Phi) is 3.87. The predicted octanol–water partition coefficient (Wildman–Crippen LogP) is 3.62. The number of aryl methyl sites for hydroxylation is 1. The summed E-state index contributed by atoms with van der Waals surface area (Å²) in [5, 5.41) is 0. The van der Waals surface area contributed by atoms with E-state index in [1.165, 1.54) is 0 Å². The number of halogens is 1. The summed E-state index contributed by atoms with van der Waals surface area (Å²) in [5.41, 5.74) is 9.63. The van der Waals surface area contributed by atoms with E-state index in [1.54, 1.807) is 6.20 Å². The second-order valence-corrected chi connectivity index (χ2v) is 5.08. The fourth-order valence-electron chi connectivity index (χ4n) is 1.62. The second kappa shape index (κ2) is 5.40. The van der Waals surface area contributed by atoms with Crippen LogP contribution in [0.2, 0.25) is 0 Å². The largest absolute Gasteiger partial charge is 0.487 e. The highest BCUT2D eigenvalue weighted by Gasteiger charge is 2.06. The molecule has 0 unspecified atom stereocenters. The van der Waals surface area contributed by atoms with Gasteiger partial charge in [0, 0.05) is 16.4 Å². The SMILES string of the molecule is Cc1cnc(COc2ccc(Br)cc2)c(C)c1N. The molecule has 4 heteroatoms. The lowest BCUT2D eigenvalue weighted by atomic mass is 10.1. The maximum Gasteiger partial charge on any atom is 0.131 e. The molecule has 0 fully saturated rings. The third-order valence-electron chi connectivity index (χ3n) is 2.86. The van der Waals surface area contributed by atoms with Gasteiger partial charge < -0.3 is 10.5 Å². The monoisotopic (exact) mass is 306 g/mol. The van der Waals surface area contributed by atoms with E-state index in [9.17, 15) is 0 Å². The third kappa shape index (κ3) is 2.82. The average molecular weight is 307 g/mol. The lowest BCUT2D eigenvalue weighted by molar-refractivity contribution is 0.300. The topological polar surface area (TPSA) is 48.1 Å². The van der Waals surface area contributed by atoms with Crippen molar-refractivity contribution in [3.8, 4) is 5.75 Å². The Hall–Kier alpha value is -1.55. The van der Waals surface area contributed by atoms with Gasteiger partial charge in [-0.2, -0.15) is 0 Å². The molecule has 0 aliphatic heterocycles. The van der Waals surface area contributed by atoms with Crippen LogP contribution in [0.25, 0.3) is 0 Å². The molecule has 0 saturated carbocycles. The van der Waals surface area contributed by atoms with Gasteiger partial charge in [0.15, 0.2) is 0 Å². The number of nitrogens with zero attached hydrogens (tertiary/aromatic N) is 1. The average Bonchev–Trinajstić information content (AvgIpc) is 2.37. The van der Waals surface area contributed by atoms with Crippen LogP contribution < -0.4 is 10.5 Å². The van der Waals surface area contributed by atoms with Gasteiger partial charge in [-0.25, -0.2) is 0 Å². The van der Waals surface area contributed by atoms with Gasteiger partial charge in [-0.05, 0) is 49.2 Å². The molecule has 0 aliphatic carbocycles. The first-order valence-electron chi connectivity index (χ1n) is 5.67. The summed E-state index contributed by atoms with van der Waals surface area (Å²) in [5.74, 6) is 0.818. The molecule has 1 aromatic heterocycles. The minimum Gasteiger partial charge on any atom is -0.487 e. The van der Waals surface area contributed by atoms with Crippen LogP contribution in [0, 0.1) is 13.8 Å². The fourth-order valence-corrected chi connectivity index (χ4v) is 1.88. The Morgan fingerprint density at radius 1 is 1.22 bits per heavy atom. The molecule has 1 aromatic carbocycles. The van der Waals surface area contributed by atoms with E-state index in [0.29, 0.717) is 6.61 Å². The zero-order chi connectivity index (χ0) is 13.1. The first-order chi connectivity index (χ1) is 8.58. The minimum atomic E-state index is 0.429. The predicted molar refractivity (Wildman–Crippen MR) is 76.6 cm³/mol. The number of nitrogen functional groups attached to an aromatic ring is 1. The van der Waals surface area contributed by atoms with Gasteiger partial charge in [0.1, 0.15) is 12.4 Å². The van der Waals surface area contributed by atoms with Crippen molar-refractivity contribution in [2.75, 3.05) is 5.73 Å². The van der Waals surface area contributed by atoms with Gasteiger partial charge in [-0.1, -0.05) is 15.9 Å². The van der Waals surface area contributed by atoms with Gasteiger partial charge in [-0.15, -0.1) is 0 Å². The normalized spacial score (nSPS) is 10.4. The number of benzene rings is 1. The van der Waals surface area contributed by atoms with E-state index >= 15 is 0 Å². The molecule has 2 N–H and O–H groups in total. The molecular weight excluding hydrogens is 292 g/mol. The Bertz CT molecular complexity index is 552. The summed E-state index contributed by atoms with van der Waals surface area (Å²) in [6, 6.07) is 7.71. The van der Waals surface area contributed by atoms with Crippen LogP contribution >= 0.6 is 15.9 Å². The summed E-state index contributed by atoms with van der Waals surface area (Å²) in [6.07, 6.45) is 1.78. The van der Waals surface area contributed by atoms with Crippen molar-refractivity contribution in [3.63, 3.8) is 0 Å². The number of aromatic nitrogens is 1. The van der Waals surface area contributed by atoms with Crippen molar-refractivity contribution >= 4 is 21.6 Å². The van der Waals surface area contributed by atoms with E-state index < -0.39 is 0 Å². The lowest BCUT2D eigenvalue weighted by Gasteiger charge is -2.11. The fraction of sp³-hybridized carbons (Fsp3) is 0.214. The summed E-state index contributed by atoms with van der Waals surface area (Å²) in [4.78, 5) is 4.36. The van der Waals surface area contributed by atoms with E-state index in [4.69, 9.17) is 10.5 Å². The molecule has 0 aliphatic rings. The maximum absolute atomic E-state index is 5.97. The van der Waals surface area contributed by atoms with Gasteiger partial charge in [-0.3, -0.25) is 4.98 Å². The summed E-state index contributed by atoms with van der Waals surface area (Å²) in [6.45, 7) is 4.35. The molecule has 0 spiro atoms. The molecule has 3 nitrogen and oxygen atoms in total. The van der Waals surface area contributed by atoms with Gasteiger partial charge in [0.05, 0.1) is 5.69 Å². The van der Waals surface area contributed by atoms with Crippen molar-refractivity contribution < 1.29 is 4.74 Å². The molecule has 0 saturated heterocycles. The molecule has 0 radical (unpaired) electrons. The number of hydrogen-bond donors (Lipinski definition) is 1. The van der Waals surface area contributed by atoms with E-state index in [0.717, 1.165) is 32.7 Å². The Morgan fingerprint density at radius 2 is 1.89 bits per heavy atom. The molecule has 0 atom stereocenters. The zero-order valence-corrected chi connectivity index (χ0v) is 12.0. The number of nitrogens with two attached hydrogens (primary N) is 1. The van der Waals surface area contributed by atoms with Gasteiger partial charge >= 0.3 is 0 Å². The Balaban J connectivity index is 2.11. The quantitative estimate of drug-likeness (QED) is 0.942. The van der Waals surface area contributed by atoms with Crippen LogP contribution in [0.1, 0.15) is 16.8 Å². The number of hydrogen-bond acceptors (Lipinski definition) is 3. The van der Waals surface area contributed by atoms with E-state index in [1.807, 2.05) is 38.1 Å². The molecule has 0 bridgehead atoms. The smallest absolute Gasteiger partial charge is 0.131 e. The first-order valence-corrected chi connectivity index (χ1v) is 6.46. The highest BCUT2D eigenvalue weighted by atomic mass is 79.9. The third-order valence-corrected chi connectivity index (χ3v) is 3.39. The van der Waals surface area contributed by atoms with Gasteiger partial charge in [0.2, 0.25) is 0 Å².